The summed E-state index contributed by atoms with van der Waals surface area (Å²) < 4.78 is 31.1. The van der Waals surface area contributed by atoms with Gasteiger partial charge in [-0.25, -0.2) is 12.7 Å². The largest absolute Gasteiger partial charge is 0.467 e. The van der Waals surface area contributed by atoms with Gasteiger partial charge in [0.05, 0.1) is 11.2 Å². The molecule has 0 aliphatic carbocycles. The minimum absolute atomic E-state index is 0.0285. The summed E-state index contributed by atoms with van der Waals surface area (Å²) in [6.07, 6.45) is 2.06. The van der Waals surface area contributed by atoms with Gasteiger partial charge in [0.2, 0.25) is 15.8 Å². The second-order valence-corrected chi connectivity index (χ2v) is 10.3. The first-order chi connectivity index (χ1) is 15.1. The van der Waals surface area contributed by atoms with Gasteiger partial charge in [0, 0.05) is 26.2 Å². The number of furan rings is 1. The fourth-order valence-electron chi connectivity index (χ4n) is 3.74. The number of sulfonamides is 1. The highest BCUT2D eigenvalue weighted by atomic mass is 32.2. The molecule has 2 atom stereocenters. The third-order valence-corrected chi connectivity index (χ3v) is 7.27. The van der Waals surface area contributed by atoms with E-state index >= 15 is 0 Å². The van der Waals surface area contributed by atoms with Gasteiger partial charge in [0.15, 0.2) is 5.78 Å². The Balaban J connectivity index is 1.93. The predicted molar refractivity (Wildman–Crippen MR) is 116 cm³/mol. The molecule has 0 saturated carbocycles. The summed E-state index contributed by atoms with van der Waals surface area (Å²) >= 11 is 0. The average molecular weight is 462 g/mol. The Morgan fingerprint density at radius 1 is 1.06 bits per heavy atom. The van der Waals surface area contributed by atoms with Crippen LogP contribution in [0.2, 0.25) is 0 Å². The SMILES string of the molecule is CN(C)CCCN1C(=O)C(=O)C(C(=O)c2ccc(S(=O)(=O)N(C)C)cc2)C1c1ccco1. The Kier molecular flexibility index (Phi) is 6.97. The van der Waals surface area contributed by atoms with E-state index in [9.17, 15) is 22.8 Å². The molecule has 1 aromatic carbocycles. The first-order valence-electron chi connectivity index (χ1n) is 10.2. The summed E-state index contributed by atoms with van der Waals surface area (Å²) in [5.41, 5.74) is 0.153. The molecular formula is C22H27N3O6S. The maximum absolute atomic E-state index is 13.3. The van der Waals surface area contributed by atoms with E-state index in [-0.39, 0.29) is 10.5 Å². The van der Waals surface area contributed by atoms with Crippen LogP contribution >= 0.6 is 0 Å². The molecule has 3 rings (SSSR count). The number of nitrogens with zero attached hydrogens (tertiary/aromatic N) is 3. The Morgan fingerprint density at radius 2 is 1.72 bits per heavy atom. The van der Waals surface area contributed by atoms with E-state index in [1.807, 2.05) is 19.0 Å². The van der Waals surface area contributed by atoms with Crippen LogP contribution in [0.1, 0.15) is 28.6 Å². The zero-order valence-electron chi connectivity index (χ0n) is 18.5. The van der Waals surface area contributed by atoms with Gasteiger partial charge in [-0.05, 0) is 51.3 Å². The van der Waals surface area contributed by atoms with Crippen molar-refractivity contribution < 1.29 is 27.2 Å². The maximum Gasteiger partial charge on any atom is 0.291 e. The quantitative estimate of drug-likeness (QED) is 0.316. The minimum Gasteiger partial charge on any atom is -0.467 e. The number of carbonyl (C=O) groups excluding carboxylic acids is 3. The molecule has 0 spiro atoms. The zero-order valence-corrected chi connectivity index (χ0v) is 19.3. The minimum atomic E-state index is -3.66. The molecule has 1 saturated heterocycles. The molecule has 2 aromatic rings. The summed E-state index contributed by atoms with van der Waals surface area (Å²) in [6, 6.07) is 7.81. The van der Waals surface area contributed by atoms with Gasteiger partial charge in [0.1, 0.15) is 17.7 Å². The predicted octanol–water partition coefficient (Wildman–Crippen LogP) is 1.43. The van der Waals surface area contributed by atoms with Crippen LogP contribution in [0.25, 0.3) is 0 Å². The maximum atomic E-state index is 13.3. The van der Waals surface area contributed by atoms with Crippen molar-refractivity contribution >= 4 is 27.5 Å². The molecule has 172 valence electrons. The van der Waals surface area contributed by atoms with Crippen LogP contribution in [0.4, 0.5) is 0 Å². The molecule has 0 radical (unpaired) electrons. The summed E-state index contributed by atoms with van der Waals surface area (Å²) in [4.78, 5) is 42.4. The lowest BCUT2D eigenvalue weighted by Crippen LogP contribution is -2.33. The lowest BCUT2D eigenvalue weighted by atomic mass is 9.89. The number of amides is 1. The summed E-state index contributed by atoms with van der Waals surface area (Å²) in [5.74, 6) is -2.95. The van der Waals surface area contributed by atoms with Crippen molar-refractivity contribution in [1.29, 1.82) is 0 Å². The van der Waals surface area contributed by atoms with Crippen molar-refractivity contribution in [3.05, 3.63) is 54.0 Å². The van der Waals surface area contributed by atoms with Crippen molar-refractivity contribution in [2.75, 3.05) is 41.3 Å². The highest BCUT2D eigenvalue weighted by Gasteiger charge is 2.52. The molecule has 9 nitrogen and oxygen atoms in total. The number of hydrogen-bond acceptors (Lipinski definition) is 7. The van der Waals surface area contributed by atoms with E-state index in [2.05, 4.69) is 0 Å². The highest BCUT2D eigenvalue weighted by molar-refractivity contribution is 7.89. The lowest BCUT2D eigenvalue weighted by molar-refractivity contribution is -0.140. The Morgan fingerprint density at radius 3 is 2.25 bits per heavy atom. The van der Waals surface area contributed by atoms with Gasteiger partial charge >= 0.3 is 0 Å². The van der Waals surface area contributed by atoms with E-state index in [0.717, 1.165) is 4.31 Å². The van der Waals surface area contributed by atoms with Gasteiger partial charge in [-0.2, -0.15) is 0 Å². The van der Waals surface area contributed by atoms with E-state index in [0.29, 0.717) is 25.3 Å². The molecule has 0 N–H and O–H groups in total. The molecule has 1 fully saturated rings. The first-order valence-corrected chi connectivity index (χ1v) is 11.6. The molecular weight excluding hydrogens is 434 g/mol. The molecule has 2 unspecified atom stereocenters. The Bertz CT molecular complexity index is 1090. The van der Waals surface area contributed by atoms with Gasteiger partial charge < -0.3 is 14.2 Å². The molecule has 1 aliphatic heterocycles. The van der Waals surface area contributed by atoms with Crippen LogP contribution in [-0.2, 0) is 19.6 Å². The normalized spacial score (nSPS) is 19.4. The van der Waals surface area contributed by atoms with Crippen molar-refractivity contribution in [3.8, 4) is 0 Å². The third-order valence-electron chi connectivity index (χ3n) is 5.44. The molecule has 0 bridgehead atoms. The monoisotopic (exact) mass is 461 g/mol. The van der Waals surface area contributed by atoms with Gasteiger partial charge in [-0.3, -0.25) is 14.4 Å². The van der Waals surface area contributed by atoms with E-state index in [4.69, 9.17) is 4.42 Å². The second kappa shape index (κ2) is 9.35. The smallest absolute Gasteiger partial charge is 0.291 e. The van der Waals surface area contributed by atoms with Crippen LogP contribution < -0.4 is 0 Å². The van der Waals surface area contributed by atoms with Crippen molar-refractivity contribution in [2.24, 2.45) is 5.92 Å². The summed E-state index contributed by atoms with van der Waals surface area (Å²) in [6.45, 7) is 1.02. The van der Waals surface area contributed by atoms with E-state index in [1.54, 1.807) is 12.1 Å². The number of ketones is 2. The number of benzene rings is 1. The van der Waals surface area contributed by atoms with Gasteiger partial charge in [0.25, 0.3) is 5.91 Å². The fourth-order valence-corrected chi connectivity index (χ4v) is 4.65. The van der Waals surface area contributed by atoms with Crippen LogP contribution in [0, 0.1) is 5.92 Å². The number of rotatable bonds is 9. The molecule has 1 aromatic heterocycles. The molecule has 32 heavy (non-hydrogen) atoms. The van der Waals surface area contributed by atoms with Crippen molar-refractivity contribution in [3.63, 3.8) is 0 Å². The molecule has 10 heteroatoms. The van der Waals surface area contributed by atoms with Gasteiger partial charge in [-0.15, -0.1) is 0 Å². The van der Waals surface area contributed by atoms with Crippen LogP contribution in [0.3, 0.4) is 0 Å². The van der Waals surface area contributed by atoms with Crippen LogP contribution in [0.5, 0.6) is 0 Å². The van der Waals surface area contributed by atoms with E-state index in [1.165, 1.54) is 49.5 Å². The van der Waals surface area contributed by atoms with Gasteiger partial charge in [-0.1, -0.05) is 12.1 Å². The number of hydrogen-bond donors (Lipinski definition) is 0. The number of Topliss-reactive ketones (excluding diaryl/α,β-unsaturated/α-hetero) is 2. The standard InChI is InChI=1S/C22H27N3O6S/c1-23(2)12-6-13-25-19(17-7-5-14-31-17)18(21(27)22(25)28)20(26)15-8-10-16(11-9-15)32(29,30)24(3)4/h5,7-11,14,18-19H,6,12-13H2,1-4H3. The first kappa shape index (κ1) is 23.8. The topological polar surface area (TPSA) is 108 Å². The lowest BCUT2D eigenvalue weighted by Gasteiger charge is -2.25. The Labute approximate surface area is 187 Å². The highest BCUT2D eigenvalue weighted by Crippen LogP contribution is 2.38. The van der Waals surface area contributed by atoms with E-state index < -0.39 is 39.5 Å². The van der Waals surface area contributed by atoms with Crippen LogP contribution in [0.15, 0.2) is 52.0 Å². The molecule has 1 amide bonds. The van der Waals surface area contributed by atoms with Crippen LogP contribution in [-0.4, -0.2) is 81.3 Å². The summed E-state index contributed by atoms with van der Waals surface area (Å²) in [5, 5.41) is 0. The summed E-state index contributed by atoms with van der Waals surface area (Å²) in [7, 11) is 2.99. The Hall–Kier alpha value is -2.82. The third kappa shape index (κ3) is 4.52. The number of carbonyl (C=O) groups is 3. The molecule has 2 heterocycles. The number of likely N-dealkylation sites (tertiary alicyclic amines) is 1. The second-order valence-electron chi connectivity index (χ2n) is 8.13. The zero-order chi connectivity index (χ0) is 23.6. The van der Waals surface area contributed by atoms with Crippen molar-refractivity contribution in [1.82, 2.24) is 14.1 Å². The average Bonchev–Trinajstić information content (AvgIpc) is 3.35. The fraction of sp³-hybridized carbons (Fsp3) is 0.409. The molecule has 1 aliphatic rings. The van der Waals surface area contributed by atoms with Crippen molar-refractivity contribution in [2.45, 2.75) is 17.4 Å².